The minimum atomic E-state index is -0.0550. The Morgan fingerprint density at radius 2 is 1.85 bits per heavy atom. The van der Waals surface area contributed by atoms with Gasteiger partial charge < -0.3 is 5.32 Å². The van der Waals surface area contributed by atoms with Crippen molar-refractivity contribution in [2.24, 2.45) is 0 Å². The largest absolute Gasteiger partial charge is 0.326 e. The van der Waals surface area contributed by atoms with Crippen LogP contribution in [0.25, 0.3) is 0 Å². The predicted molar refractivity (Wildman–Crippen MR) is 113 cm³/mol. The Labute approximate surface area is 170 Å². The SMILES string of the molecule is CC(=O)Nc1ccc(Sc2ccc(C3CCC4CCCCN43)c(Cl)c2)cc1. The van der Waals surface area contributed by atoms with Gasteiger partial charge in [-0.3, -0.25) is 9.69 Å². The van der Waals surface area contributed by atoms with Crippen LogP contribution in [0.1, 0.15) is 50.6 Å². The zero-order valence-electron chi connectivity index (χ0n) is 15.6. The number of carbonyl (C=O) groups is 1. The molecule has 142 valence electrons. The number of amides is 1. The van der Waals surface area contributed by atoms with Crippen molar-refractivity contribution < 1.29 is 4.79 Å². The van der Waals surface area contributed by atoms with E-state index in [0.29, 0.717) is 6.04 Å². The fourth-order valence-electron chi connectivity index (χ4n) is 4.38. The van der Waals surface area contributed by atoms with Gasteiger partial charge in [-0.1, -0.05) is 35.9 Å². The minimum Gasteiger partial charge on any atom is -0.326 e. The van der Waals surface area contributed by atoms with E-state index >= 15 is 0 Å². The lowest BCUT2D eigenvalue weighted by molar-refractivity contribution is -0.114. The maximum absolute atomic E-state index is 11.1. The molecule has 2 aromatic rings. The highest BCUT2D eigenvalue weighted by Crippen LogP contribution is 2.43. The van der Waals surface area contributed by atoms with E-state index in [0.717, 1.165) is 26.5 Å². The van der Waals surface area contributed by atoms with E-state index in [1.807, 2.05) is 24.3 Å². The van der Waals surface area contributed by atoms with E-state index in [1.54, 1.807) is 11.8 Å². The second-order valence-corrected chi connectivity index (χ2v) is 9.03. The Morgan fingerprint density at radius 1 is 1.07 bits per heavy atom. The second-order valence-electron chi connectivity index (χ2n) is 7.47. The topological polar surface area (TPSA) is 32.3 Å². The number of halogens is 1. The quantitative estimate of drug-likeness (QED) is 0.669. The van der Waals surface area contributed by atoms with Gasteiger partial charge in [-0.15, -0.1) is 0 Å². The van der Waals surface area contributed by atoms with Crippen LogP contribution in [0.4, 0.5) is 5.69 Å². The van der Waals surface area contributed by atoms with Gasteiger partial charge >= 0.3 is 0 Å². The fraction of sp³-hybridized carbons (Fsp3) is 0.409. The summed E-state index contributed by atoms with van der Waals surface area (Å²) in [7, 11) is 0. The van der Waals surface area contributed by atoms with Gasteiger partial charge in [0.25, 0.3) is 0 Å². The lowest BCUT2D eigenvalue weighted by Crippen LogP contribution is -2.35. The maximum atomic E-state index is 11.1. The molecule has 2 unspecified atom stereocenters. The van der Waals surface area contributed by atoms with Crippen LogP contribution in [-0.2, 0) is 4.79 Å². The molecule has 0 saturated carbocycles. The molecule has 2 heterocycles. The lowest BCUT2D eigenvalue weighted by Gasteiger charge is -2.34. The number of rotatable bonds is 4. The number of piperidine rings is 1. The zero-order chi connectivity index (χ0) is 18.8. The molecule has 0 radical (unpaired) electrons. The molecular weight excluding hydrogens is 376 g/mol. The van der Waals surface area contributed by atoms with Gasteiger partial charge in [0.2, 0.25) is 5.91 Å². The van der Waals surface area contributed by atoms with Crippen LogP contribution in [0.3, 0.4) is 0 Å². The molecule has 5 heteroatoms. The molecular formula is C22H25ClN2OS. The number of carbonyl (C=O) groups excluding carboxylic acids is 1. The van der Waals surface area contributed by atoms with Crippen molar-refractivity contribution in [2.45, 2.75) is 60.9 Å². The van der Waals surface area contributed by atoms with Gasteiger partial charge in [-0.25, -0.2) is 0 Å². The third-order valence-electron chi connectivity index (χ3n) is 5.59. The summed E-state index contributed by atoms with van der Waals surface area (Å²) in [5, 5.41) is 3.67. The Kier molecular flexibility index (Phi) is 5.76. The third-order valence-corrected chi connectivity index (χ3v) is 6.91. The summed E-state index contributed by atoms with van der Waals surface area (Å²) < 4.78 is 0. The van der Waals surface area contributed by atoms with Gasteiger partial charge in [-0.2, -0.15) is 0 Å². The average molecular weight is 401 g/mol. The molecule has 2 aromatic carbocycles. The molecule has 0 aromatic heterocycles. The maximum Gasteiger partial charge on any atom is 0.221 e. The number of fused-ring (bicyclic) bond motifs is 1. The van der Waals surface area contributed by atoms with Gasteiger partial charge in [0.1, 0.15) is 0 Å². The zero-order valence-corrected chi connectivity index (χ0v) is 17.2. The second kappa shape index (κ2) is 8.26. The number of nitrogens with zero attached hydrogens (tertiary/aromatic N) is 1. The number of nitrogens with one attached hydrogen (secondary N) is 1. The van der Waals surface area contributed by atoms with Gasteiger partial charge in [-0.05, 0) is 74.2 Å². The third kappa shape index (κ3) is 4.34. The summed E-state index contributed by atoms with van der Waals surface area (Å²) >= 11 is 8.39. The highest BCUT2D eigenvalue weighted by molar-refractivity contribution is 7.99. The van der Waals surface area contributed by atoms with Crippen LogP contribution >= 0.6 is 23.4 Å². The molecule has 2 aliphatic rings. The molecule has 2 atom stereocenters. The number of hydrogen-bond donors (Lipinski definition) is 1. The minimum absolute atomic E-state index is 0.0550. The van der Waals surface area contributed by atoms with E-state index < -0.39 is 0 Å². The molecule has 1 N–H and O–H groups in total. The molecule has 2 saturated heterocycles. The summed E-state index contributed by atoms with van der Waals surface area (Å²) in [5.41, 5.74) is 2.10. The van der Waals surface area contributed by atoms with Crippen molar-refractivity contribution in [2.75, 3.05) is 11.9 Å². The van der Waals surface area contributed by atoms with Crippen LogP contribution < -0.4 is 5.32 Å². The standard InChI is InChI=1S/C22H25ClN2OS/c1-15(26)24-16-5-8-18(9-6-16)27-19-10-11-20(21(23)14-19)22-12-7-17-4-2-3-13-25(17)22/h5-6,8-11,14,17,22H,2-4,7,12-13H2,1H3,(H,24,26). The fourth-order valence-corrected chi connectivity index (χ4v) is 5.61. The Balaban J connectivity index is 1.46. The summed E-state index contributed by atoms with van der Waals surface area (Å²) in [6, 6.07) is 15.6. The summed E-state index contributed by atoms with van der Waals surface area (Å²) in [4.78, 5) is 16.1. The van der Waals surface area contributed by atoms with Crippen LogP contribution in [0, 0.1) is 0 Å². The number of hydrogen-bond acceptors (Lipinski definition) is 3. The van der Waals surface area contributed by atoms with E-state index in [9.17, 15) is 4.79 Å². The molecule has 3 nitrogen and oxygen atoms in total. The van der Waals surface area contributed by atoms with Crippen LogP contribution in [0.15, 0.2) is 52.3 Å². The average Bonchev–Trinajstić information content (AvgIpc) is 3.07. The van der Waals surface area contributed by atoms with Crippen molar-refractivity contribution in [3.05, 3.63) is 53.1 Å². The summed E-state index contributed by atoms with van der Waals surface area (Å²) in [5.74, 6) is -0.0550. The Bertz CT molecular complexity index is 824. The molecule has 2 aliphatic heterocycles. The molecule has 0 bridgehead atoms. The van der Waals surface area contributed by atoms with E-state index in [4.69, 9.17) is 11.6 Å². The highest BCUT2D eigenvalue weighted by Gasteiger charge is 2.36. The van der Waals surface area contributed by atoms with Gasteiger partial charge in [0.05, 0.1) is 0 Å². The smallest absolute Gasteiger partial charge is 0.221 e. The molecule has 0 aliphatic carbocycles. The first-order valence-corrected chi connectivity index (χ1v) is 10.9. The molecule has 0 spiro atoms. The Hall–Kier alpha value is -1.49. The van der Waals surface area contributed by atoms with Crippen LogP contribution in [0.2, 0.25) is 5.02 Å². The van der Waals surface area contributed by atoms with Crippen LogP contribution in [0.5, 0.6) is 0 Å². The predicted octanol–water partition coefficient (Wildman–Crippen LogP) is 6.14. The summed E-state index contributed by atoms with van der Waals surface area (Å²) in [6.45, 7) is 2.73. The molecule has 4 rings (SSSR count). The van der Waals surface area contributed by atoms with Crippen molar-refractivity contribution in [3.8, 4) is 0 Å². The van der Waals surface area contributed by atoms with E-state index in [-0.39, 0.29) is 5.91 Å². The van der Waals surface area contributed by atoms with Crippen LogP contribution in [-0.4, -0.2) is 23.4 Å². The van der Waals surface area contributed by atoms with Gasteiger partial charge in [0.15, 0.2) is 0 Å². The molecule has 2 fully saturated rings. The van der Waals surface area contributed by atoms with Gasteiger partial charge in [0, 0.05) is 39.5 Å². The lowest BCUT2D eigenvalue weighted by atomic mass is 10.0. The molecule has 1 amide bonds. The first-order chi connectivity index (χ1) is 13.1. The highest BCUT2D eigenvalue weighted by atomic mass is 35.5. The van der Waals surface area contributed by atoms with E-state index in [1.165, 1.54) is 51.1 Å². The normalized spacial score (nSPS) is 22.4. The first kappa shape index (κ1) is 18.9. The molecule has 27 heavy (non-hydrogen) atoms. The van der Waals surface area contributed by atoms with Crippen molar-refractivity contribution in [1.82, 2.24) is 4.90 Å². The number of anilines is 1. The number of benzene rings is 2. The Morgan fingerprint density at radius 3 is 2.59 bits per heavy atom. The summed E-state index contributed by atoms with van der Waals surface area (Å²) in [6.07, 6.45) is 6.56. The van der Waals surface area contributed by atoms with Crippen molar-refractivity contribution in [1.29, 1.82) is 0 Å². The monoisotopic (exact) mass is 400 g/mol. The van der Waals surface area contributed by atoms with Crippen molar-refractivity contribution >= 4 is 35.0 Å². The van der Waals surface area contributed by atoms with Crippen molar-refractivity contribution in [3.63, 3.8) is 0 Å². The van der Waals surface area contributed by atoms with E-state index in [2.05, 4.69) is 28.4 Å². The first-order valence-electron chi connectivity index (χ1n) is 9.71.